The van der Waals surface area contributed by atoms with Crippen LogP contribution in [0.2, 0.25) is 0 Å². The summed E-state index contributed by atoms with van der Waals surface area (Å²) in [6.45, 7) is 7.16. The average Bonchev–Trinajstić information content (AvgIpc) is 3.06. The van der Waals surface area contributed by atoms with Gasteiger partial charge in [0.25, 0.3) is 0 Å². The van der Waals surface area contributed by atoms with E-state index in [1.807, 2.05) is 24.3 Å². The second-order valence-electron chi connectivity index (χ2n) is 7.16. The Kier molecular flexibility index (Phi) is 7.06. The predicted octanol–water partition coefficient (Wildman–Crippen LogP) is 3.62. The van der Waals surface area contributed by atoms with E-state index in [2.05, 4.69) is 48.3 Å². The van der Waals surface area contributed by atoms with Crippen molar-refractivity contribution in [2.24, 2.45) is 0 Å². The maximum absolute atomic E-state index is 12.3. The molecule has 0 spiro atoms. The molecule has 0 bridgehead atoms. The van der Waals surface area contributed by atoms with Gasteiger partial charge in [0, 0.05) is 12.5 Å². The van der Waals surface area contributed by atoms with Crippen molar-refractivity contribution in [2.45, 2.75) is 32.2 Å². The summed E-state index contributed by atoms with van der Waals surface area (Å²) in [4.78, 5) is 14.6. The molecule has 1 atom stereocenters. The number of amides is 1. The molecule has 2 N–H and O–H groups in total. The van der Waals surface area contributed by atoms with Crippen LogP contribution in [0.1, 0.15) is 37.3 Å². The SMILES string of the molecule is CCN(CC)CCC(CO)NC(=O)OCC1c2ccccc2-c2ccccc21. The molecule has 5 nitrogen and oxygen atoms in total. The maximum Gasteiger partial charge on any atom is 0.407 e. The third-order valence-electron chi connectivity index (χ3n) is 5.57. The molecule has 0 saturated carbocycles. The lowest BCUT2D eigenvalue weighted by atomic mass is 9.98. The smallest absolute Gasteiger partial charge is 0.407 e. The van der Waals surface area contributed by atoms with Crippen molar-refractivity contribution < 1.29 is 14.6 Å². The van der Waals surface area contributed by atoms with Gasteiger partial charge in [-0.2, -0.15) is 0 Å². The minimum absolute atomic E-state index is 0.0430. The topological polar surface area (TPSA) is 61.8 Å². The molecule has 3 rings (SSSR count). The number of hydrogen-bond donors (Lipinski definition) is 2. The molecule has 2 aromatic carbocycles. The van der Waals surface area contributed by atoms with E-state index in [1.54, 1.807) is 0 Å². The molecule has 5 heteroatoms. The molecule has 150 valence electrons. The van der Waals surface area contributed by atoms with Gasteiger partial charge in [-0.05, 0) is 41.8 Å². The first-order valence-corrected chi connectivity index (χ1v) is 10.1. The Hall–Kier alpha value is -2.37. The van der Waals surface area contributed by atoms with Crippen LogP contribution < -0.4 is 5.32 Å². The molecule has 0 fully saturated rings. The van der Waals surface area contributed by atoms with Crippen molar-refractivity contribution >= 4 is 6.09 Å². The van der Waals surface area contributed by atoms with E-state index < -0.39 is 6.09 Å². The van der Waals surface area contributed by atoms with Gasteiger partial charge in [-0.15, -0.1) is 0 Å². The van der Waals surface area contributed by atoms with Crippen molar-refractivity contribution in [1.29, 1.82) is 0 Å². The van der Waals surface area contributed by atoms with Gasteiger partial charge in [0.05, 0.1) is 12.6 Å². The van der Waals surface area contributed by atoms with Crippen LogP contribution in [0.15, 0.2) is 48.5 Å². The van der Waals surface area contributed by atoms with Crippen molar-refractivity contribution in [2.75, 3.05) is 32.8 Å². The highest BCUT2D eigenvalue weighted by molar-refractivity contribution is 5.79. The van der Waals surface area contributed by atoms with E-state index in [9.17, 15) is 9.90 Å². The van der Waals surface area contributed by atoms with Crippen LogP contribution in [0.5, 0.6) is 0 Å². The second-order valence-corrected chi connectivity index (χ2v) is 7.16. The normalized spacial score (nSPS) is 13.9. The Balaban J connectivity index is 1.58. The molecule has 1 unspecified atom stereocenters. The van der Waals surface area contributed by atoms with Crippen molar-refractivity contribution in [3.8, 4) is 11.1 Å². The fourth-order valence-corrected chi connectivity index (χ4v) is 3.89. The monoisotopic (exact) mass is 382 g/mol. The molecular formula is C23H30N2O3. The van der Waals surface area contributed by atoms with Gasteiger partial charge in [-0.25, -0.2) is 4.79 Å². The summed E-state index contributed by atoms with van der Waals surface area (Å²) in [5.74, 6) is 0.0430. The van der Waals surface area contributed by atoms with Gasteiger partial charge < -0.3 is 20.1 Å². The van der Waals surface area contributed by atoms with Crippen molar-refractivity contribution in [3.05, 3.63) is 59.7 Å². The van der Waals surface area contributed by atoms with Crippen LogP contribution in [0, 0.1) is 0 Å². The van der Waals surface area contributed by atoms with Gasteiger partial charge in [-0.3, -0.25) is 0 Å². The number of aliphatic hydroxyl groups excluding tert-OH is 1. The first-order valence-electron chi connectivity index (χ1n) is 10.1. The molecule has 0 saturated heterocycles. The van der Waals surface area contributed by atoms with Crippen LogP contribution in [-0.2, 0) is 4.74 Å². The highest BCUT2D eigenvalue weighted by atomic mass is 16.5. The number of benzene rings is 2. The Labute approximate surface area is 167 Å². The third kappa shape index (κ3) is 4.54. The van der Waals surface area contributed by atoms with E-state index in [1.165, 1.54) is 22.3 Å². The van der Waals surface area contributed by atoms with Crippen LogP contribution in [-0.4, -0.2) is 55.0 Å². The number of hydrogen-bond acceptors (Lipinski definition) is 4. The number of nitrogens with zero attached hydrogens (tertiary/aromatic N) is 1. The van der Waals surface area contributed by atoms with Crippen LogP contribution in [0.3, 0.4) is 0 Å². The summed E-state index contributed by atoms with van der Waals surface area (Å²) in [5, 5.41) is 12.4. The number of aliphatic hydroxyl groups is 1. The number of nitrogens with one attached hydrogen (secondary N) is 1. The Morgan fingerprint density at radius 3 is 2.18 bits per heavy atom. The third-order valence-corrected chi connectivity index (χ3v) is 5.57. The molecule has 0 aliphatic heterocycles. The molecule has 0 radical (unpaired) electrons. The summed E-state index contributed by atoms with van der Waals surface area (Å²) in [7, 11) is 0. The Bertz CT molecular complexity index is 743. The summed E-state index contributed by atoms with van der Waals surface area (Å²) >= 11 is 0. The minimum atomic E-state index is -0.472. The summed E-state index contributed by atoms with van der Waals surface area (Å²) in [5.41, 5.74) is 4.80. The molecule has 1 aliphatic rings. The number of ether oxygens (including phenoxy) is 1. The fraction of sp³-hybridized carbons (Fsp3) is 0.435. The largest absolute Gasteiger partial charge is 0.449 e. The Morgan fingerprint density at radius 2 is 1.64 bits per heavy atom. The van der Waals surface area contributed by atoms with Gasteiger partial charge in [0.1, 0.15) is 6.61 Å². The van der Waals surface area contributed by atoms with E-state index >= 15 is 0 Å². The quantitative estimate of drug-likeness (QED) is 0.695. The van der Waals surface area contributed by atoms with Crippen molar-refractivity contribution in [1.82, 2.24) is 10.2 Å². The Morgan fingerprint density at radius 1 is 1.07 bits per heavy atom. The fourth-order valence-electron chi connectivity index (χ4n) is 3.89. The summed E-state index contributed by atoms with van der Waals surface area (Å²) < 4.78 is 5.56. The van der Waals surface area contributed by atoms with E-state index in [0.717, 1.165) is 19.6 Å². The van der Waals surface area contributed by atoms with Gasteiger partial charge in [0.2, 0.25) is 0 Å². The van der Waals surface area contributed by atoms with Crippen LogP contribution in [0.4, 0.5) is 4.79 Å². The number of carbonyl (C=O) groups is 1. The zero-order valence-corrected chi connectivity index (χ0v) is 16.7. The maximum atomic E-state index is 12.3. The molecule has 28 heavy (non-hydrogen) atoms. The van der Waals surface area contributed by atoms with Crippen molar-refractivity contribution in [3.63, 3.8) is 0 Å². The lowest BCUT2D eigenvalue weighted by molar-refractivity contribution is 0.129. The minimum Gasteiger partial charge on any atom is -0.449 e. The van der Waals surface area contributed by atoms with Gasteiger partial charge >= 0.3 is 6.09 Å². The molecule has 0 heterocycles. The standard InChI is InChI=1S/C23H30N2O3/c1-3-25(4-2)14-13-17(15-26)24-23(27)28-16-22-20-11-7-5-9-18(20)19-10-6-8-12-21(19)22/h5-12,17,22,26H,3-4,13-16H2,1-2H3,(H,24,27). The second kappa shape index (κ2) is 9.71. The van der Waals surface area contributed by atoms with Gasteiger partial charge in [-0.1, -0.05) is 62.4 Å². The highest BCUT2D eigenvalue weighted by Gasteiger charge is 2.29. The highest BCUT2D eigenvalue weighted by Crippen LogP contribution is 2.44. The first-order chi connectivity index (χ1) is 13.7. The van der Waals surface area contributed by atoms with E-state index in [0.29, 0.717) is 6.42 Å². The summed E-state index contributed by atoms with van der Waals surface area (Å²) in [6.07, 6.45) is 0.225. The average molecular weight is 383 g/mol. The van der Waals surface area contributed by atoms with E-state index in [4.69, 9.17) is 4.74 Å². The molecule has 0 aromatic heterocycles. The number of alkyl carbamates (subject to hydrolysis) is 1. The first kappa shape index (κ1) is 20.4. The predicted molar refractivity (Wildman–Crippen MR) is 111 cm³/mol. The zero-order chi connectivity index (χ0) is 19.9. The molecular weight excluding hydrogens is 352 g/mol. The van der Waals surface area contributed by atoms with Crippen LogP contribution in [0.25, 0.3) is 11.1 Å². The number of fused-ring (bicyclic) bond motifs is 3. The lowest BCUT2D eigenvalue weighted by Crippen LogP contribution is -2.41. The van der Waals surface area contributed by atoms with Gasteiger partial charge in [0.15, 0.2) is 0 Å². The number of carbonyl (C=O) groups excluding carboxylic acids is 1. The van der Waals surface area contributed by atoms with E-state index in [-0.39, 0.29) is 25.2 Å². The zero-order valence-electron chi connectivity index (χ0n) is 16.7. The molecule has 1 aliphatic carbocycles. The lowest BCUT2D eigenvalue weighted by Gasteiger charge is -2.22. The summed E-state index contributed by atoms with van der Waals surface area (Å²) in [6, 6.07) is 16.2. The molecule has 2 aromatic rings. The molecule has 1 amide bonds. The van der Waals surface area contributed by atoms with Crippen LogP contribution >= 0.6 is 0 Å². The number of rotatable bonds is 9.